The van der Waals surface area contributed by atoms with E-state index in [-0.39, 0.29) is 0 Å². The number of imidazole rings is 1. The molecule has 0 aliphatic heterocycles. The Hall–Kier alpha value is -2.21. The fraction of sp³-hybridized carbons (Fsp3) is 0.143. The molecule has 0 atom stereocenters. The van der Waals surface area contributed by atoms with Gasteiger partial charge in [0.2, 0.25) is 0 Å². The van der Waals surface area contributed by atoms with Crippen molar-refractivity contribution in [3.63, 3.8) is 0 Å². The van der Waals surface area contributed by atoms with Crippen molar-refractivity contribution in [3.8, 4) is 17.3 Å². The molecule has 0 aromatic carbocycles. The highest BCUT2D eigenvalue weighted by molar-refractivity contribution is 7.98. The first-order valence-electron chi connectivity index (χ1n) is 6.13. The number of nitrogens with zero attached hydrogens (tertiary/aromatic N) is 5. The molecule has 0 amide bonds. The predicted molar refractivity (Wildman–Crippen MR) is 78.9 cm³/mol. The Morgan fingerprint density at radius 1 is 1.05 bits per heavy atom. The van der Waals surface area contributed by atoms with Crippen molar-refractivity contribution in [2.24, 2.45) is 0 Å². The number of aromatic nitrogens is 5. The van der Waals surface area contributed by atoms with Gasteiger partial charge in [0.1, 0.15) is 11.5 Å². The monoisotopic (exact) mass is 283 g/mol. The third-order valence-electron chi connectivity index (χ3n) is 2.81. The van der Waals surface area contributed by atoms with Crippen LogP contribution in [0.2, 0.25) is 0 Å². The Morgan fingerprint density at radius 3 is 2.75 bits per heavy atom. The third-order valence-corrected chi connectivity index (χ3v) is 3.37. The van der Waals surface area contributed by atoms with E-state index in [1.165, 1.54) is 11.8 Å². The number of rotatable bonds is 3. The lowest BCUT2D eigenvalue weighted by Crippen LogP contribution is -2.02. The van der Waals surface area contributed by atoms with Gasteiger partial charge in [-0.25, -0.2) is 19.9 Å². The van der Waals surface area contributed by atoms with Crippen molar-refractivity contribution in [3.05, 3.63) is 48.5 Å². The maximum Gasteiger partial charge on any atom is 0.189 e. The van der Waals surface area contributed by atoms with E-state index in [1.54, 1.807) is 12.4 Å². The Kier molecular flexibility index (Phi) is 3.47. The highest BCUT2D eigenvalue weighted by Crippen LogP contribution is 2.19. The molecule has 0 radical (unpaired) electrons. The molecule has 0 saturated carbocycles. The van der Waals surface area contributed by atoms with Crippen LogP contribution in [0, 0.1) is 6.92 Å². The number of aryl methyl sites for hydroxylation is 1. The van der Waals surface area contributed by atoms with E-state index in [4.69, 9.17) is 0 Å². The van der Waals surface area contributed by atoms with Gasteiger partial charge in [-0.2, -0.15) is 0 Å². The predicted octanol–water partition coefficient (Wildman–Crippen LogP) is 2.75. The fourth-order valence-corrected chi connectivity index (χ4v) is 2.26. The number of hydrogen-bond acceptors (Lipinski definition) is 5. The summed E-state index contributed by atoms with van der Waals surface area (Å²) in [6.45, 7) is 1.97. The van der Waals surface area contributed by atoms with Crippen molar-refractivity contribution >= 4 is 11.8 Å². The summed E-state index contributed by atoms with van der Waals surface area (Å²) >= 11 is 1.51. The van der Waals surface area contributed by atoms with Crippen LogP contribution < -0.4 is 0 Å². The Bertz CT molecular complexity index is 738. The van der Waals surface area contributed by atoms with Crippen LogP contribution in [-0.4, -0.2) is 30.8 Å². The van der Waals surface area contributed by atoms with Gasteiger partial charge in [0.25, 0.3) is 0 Å². The van der Waals surface area contributed by atoms with Gasteiger partial charge in [-0.05, 0) is 31.4 Å². The van der Waals surface area contributed by atoms with Gasteiger partial charge in [0.15, 0.2) is 11.0 Å². The van der Waals surface area contributed by atoms with Gasteiger partial charge in [-0.15, -0.1) is 0 Å². The first-order valence-corrected chi connectivity index (χ1v) is 7.35. The van der Waals surface area contributed by atoms with Crippen molar-refractivity contribution in [2.75, 3.05) is 6.26 Å². The minimum atomic E-state index is 0.736. The minimum absolute atomic E-state index is 0.736. The van der Waals surface area contributed by atoms with E-state index in [1.807, 2.05) is 48.2 Å². The molecule has 3 aromatic heterocycles. The molecule has 3 rings (SSSR count). The summed E-state index contributed by atoms with van der Waals surface area (Å²) in [7, 11) is 0. The molecule has 3 aromatic rings. The highest BCUT2D eigenvalue weighted by atomic mass is 32.2. The smallest absolute Gasteiger partial charge is 0.189 e. The van der Waals surface area contributed by atoms with E-state index >= 15 is 0 Å². The summed E-state index contributed by atoms with van der Waals surface area (Å²) in [5, 5.41) is 0.736. The Labute approximate surface area is 121 Å². The molecule has 0 N–H and O–H groups in total. The molecule has 20 heavy (non-hydrogen) atoms. The summed E-state index contributed by atoms with van der Waals surface area (Å²) < 4.78 is 1.92. The van der Waals surface area contributed by atoms with E-state index in [0.717, 1.165) is 28.2 Å². The quantitative estimate of drug-likeness (QED) is 0.546. The van der Waals surface area contributed by atoms with Crippen LogP contribution in [0.25, 0.3) is 17.3 Å². The summed E-state index contributed by atoms with van der Waals surface area (Å²) in [6.07, 6.45) is 7.34. The second-order valence-electron chi connectivity index (χ2n) is 4.19. The second kappa shape index (κ2) is 5.42. The number of pyridine rings is 1. The van der Waals surface area contributed by atoms with Crippen LogP contribution in [0.1, 0.15) is 5.69 Å². The van der Waals surface area contributed by atoms with Crippen LogP contribution in [0.5, 0.6) is 0 Å². The first kappa shape index (κ1) is 12.8. The molecule has 3 heterocycles. The zero-order valence-corrected chi connectivity index (χ0v) is 12.0. The van der Waals surface area contributed by atoms with Gasteiger partial charge in [0, 0.05) is 24.3 Å². The molecule has 0 aliphatic rings. The van der Waals surface area contributed by atoms with Gasteiger partial charge < -0.3 is 0 Å². The zero-order valence-electron chi connectivity index (χ0n) is 11.2. The second-order valence-corrected chi connectivity index (χ2v) is 4.96. The molecular formula is C14H13N5S. The van der Waals surface area contributed by atoms with E-state index in [9.17, 15) is 0 Å². The summed E-state index contributed by atoms with van der Waals surface area (Å²) in [5.41, 5.74) is 1.80. The number of thioether (sulfide) groups is 1. The molecule has 0 spiro atoms. The normalized spacial score (nSPS) is 10.7. The molecule has 0 saturated heterocycles. The first-order chi connectivity index (χ1) is 9.78. The lowest BCUT2D eigenvalue weighted by Gasteiger charge is -2.07. The van der Waals surface area contributed by atoms with Crippen molar-refractivity contribution in [1.82, 2.24) is 24.5 Å². The fourth-order valence-electron chi connectivity index (χ4n) is 1.91. The minimum Gasteiger partial charge on any atom is -0.282 e. The van der Waals surface area contributed by atoms with Gasteiger partial charge in [-0.3, -0.25) is 4.57 Å². The maximum atomic E-state index is 4.51. The SMILES string of the molecule is CSc1nccc(-n2ccnc2-c2cccc(C)n2)n1. The van der Waals surface area contributed by atoms with E-state index in [0.29, 0.717) is 0 Å². The lowest BCUT2D eigenvalue weighted by molar-refractivity contribution is 0.891. The van der Waals surface area contributed by atoms with Crippen molar-refractivity contribution in [1.29, 1.82) is 0 Å². The van der Waals surface area contributed by atoms with Crippen molar-refractivity contribution < 1.29 is 0 Å². The van der Waals surface area contributed by atoms with Gasteiger partial charge in [-0.1, -0.05) is 17.8 Å². The summed E-state index contributed by atoms with van der Waals surface area (Å²) in [6, 6.07) is 7.75. The van der Waals surface area contributed by atoms with Crippen LogP contribution in [-0.2, 0) is 0 Å². The zero-order chi connectivity index (χ0) is 13.9. The summed E-state index contributed by atoms with van der Waals surface area (Å²) in [5.74, 6) is 1.57. The third kappa shape index (κ3) is 2.42. The standard InChI is InChI=1S/C14H13N5S/c1-10-4-3-5-11(17-10)13-15-8-9-19(13)12-6-7-16-14(18-12)20-2/h3-9H,1-2H3. The van der Waals surface area contributed by atoms with E-state index in [2.05, 4.69) is 19.9 Å². The molecular weight excluding hydrogens is 270 g/mol. The van der Waals surface area contributed by atoms with Gasteiger partial charge >= 0.3 is 0 Å². The summed E-state index contributed by atoms with van der Waals surface area (Å²) in [4.78, 5) is 17.6. The lowest BCUT2D eigenvalue weighted by atomic mass is 10.3. The Balaban J connectivity index is 2.10. The van der Waals surface area contributed by atoms with Crippen LogP contribution >= 0.6 is 11.8 Å². The molecule has 0 bridgehead atoms. The van der Waals surface area contributed by atoms with E-state index < -0.39 is 0 Å². The highest BCUT2D eigenvalue weighted by Gasteiger charge is 2.10. The molecule has 5 nitrogen and oxygen atoms in total. The molecule has 6 heteroatoms. The molecule has 0 aliphatic carbocycles. The molecule has 0 unspecified atom stereocenters. The molecule has 100 valence electrons. The largest absolute Gasteiger partial charge is 0.282 e. The van der Waals surface area contributed by atoms with Crippen LogP contribution in [0.4, 0.5) is 0 Å². The Morgan fingerprint density at radius 2 is 1.95 bits per heavy atom. The number of hydrogen-bond donors (Lipinski definition) is 0. The average Bonchev–Trinajstić information content (AvgIpc) is 2.97. The maximum absolute atomic E-state index is 4.51. The van der Waals surface area contributed by atoms with Crippen LogP contribution in [0.3, 0.4) is 0 Å². The van der Waals surface area contributed by atoms with Gasteiger partial charge in [0.05, 0.1) is 0 Å². The van der Waals surface area contributed by atoms with Crippen molar-refractivity contribution in [2.45, 2.75) is 12.1 Å². The molecule has 0 fully saturated rings. The average molecular weight is 283 g/mol. The topological polar surface area (TPSA) is 56.5 Å². The van der Waals surface area contributed by atoms with Crippen LogP contribution in [0.15, 0.2) is 48.0 Å².